The zero-order chi connectivity index (χ0) is 11.3. The van der Waals surface area contributed by atoms with Gasteiger partial charge in [-0.05, 0) is 19.3 Å². The summed E-state index contributed by atoms with van der Waals surface area (Å²) in [6.45, 7) is 13.0. The van der Waals surface area contributed by atoms with Crippen molar-refractivity contribution in [3.05, 3.63) is 0 Å². The molecule has 0 aromatic carbocycles. The van der Waals surface area contributed by atoms with E-state index in [9.17, 15) is 0 Å². The Balaban J connectivity index is 2.43. The number of rotatable bonds is 5. The van der Waals surface area contributed by atoms with Crippen molar-refractivity contribution < 1.29 is 0 Å². The first-order valence-corrected chi connectivity index (χ1v) is 6.68. The van der Waals surface area contributed by atoms with Gasteiger partial charge in [-0.25, -0.2) is 0 Å². The van der Waals surface area contributed by atoms with Crippen LogP contribution in [0.5, 0.6) is 0 Å². The van der Waals surface area contributed by atoms with Crippen molar-refractivity contribution in [2.75, 3.05) is 19.6 Å². The molecule has 0 aliphatic carbocycles. The fourth-order valence-electron chi connectivity index (χ4n) is 2.40. The van der Waals surface area contributed by atoms with E-state index in [1.807, 2.05) is 0 Å². The molecular weight excluding hydrogens is 184 g/mol. The Morgan fingerprint density at radius 3 is 2.47 bits per heavy atom. The molecule has 90 valence electrons. The summed E-state index contributed by atoms with van der Waals surface area (Å²) < 4.78 is 0. The molecule has 2 unspecified atom stereocenters. The summed E-state index contributed by atoms with van der Waals surface area (Å²) in [6, 6.07) is 1.43. The molecule has 1 aliphatic heterocycles. The highest BCUT2D eigenvalue weighted by Gasteiger charge is 2.24. The number of piperazine rings is 1. The first kappa shape index (κ1) is 13.0. The van der Waals surface area contributed by atoms with Gasteiger partial charge >= 0.3 is 0 Å². The van der Waals surface area contributed by atoms with Crippen LogP contribution in [0, 0.1) is 5.92 Å². The summed E-state index contributed by atoms with van der Waals surface area (Å²) in [4.78, 5) is 2.68. The molecule has 0 saturated carbocycles. The molecule has 0 spiro atoms. The number of nitrogens with zero attached hydrogens (tertiary/aromatic N) is 1. The normalized spacial score (nSPS) is 28.6. The Kier molecular flexibility index (Phi) is 5.62. The number of hydrogen-bond acceptors (Lipinski definition) is 2. The zero-order valence-electron chi connectivity index (χ0n) is 10.9. The van der Waals surface area contributed by atoms with Gasteiger partial charge in [0.25, 0.3) is 0 Å². The van der Waals surface area contributed by atoms with E-state index in [1.54, 1.807) is 0 Å². The average molecular weight is 212 g/mol. The molecule has 1 rings (SSSR count). The molecule has 2 heteroatoms. The minimum Gasteiger partial charge on any atom is -0.311 e. The van der Waals surface area contributed by atoms with Crippen LogP contribution >= 0.6 is 0 Å². The highest BCUT2D eigenvalue weighted by molar-refractivity contribution is 4.83. The molecule has 1 saturated heterocycles. The molecule has 15 heavy (non-hydrogen) atoms. The van der Waals surface area contributed by atoms with E-state index in [1.165, 1.54) is 38.9 Å². The Labute approximate surface area is 95.4 Å². The van der Waals surface area contributed by atoms with Crippen LogP contribution in [0.1, 0.15) is 47.0 Å². The first-order chi connectivity index (χ1) is 7.21. The summed E-state index contributed by atoms with van der Waals surface area (Å²) in [5, 5.41) is 3.62. The molecule has 0 bridgehead atoms. The van der Waals surface area contributed by atoms with Gasteiger partial charge in [0.15, 0.2) is 0 Å². The van der Waals surface area contributed by atoms with Gasteiger partial charge in [-0.15, -0.1) is 0 Å². The standard InChI is InChI=1S/C13H28N2/c1-5-12(6-2)9-15-10-13(7-3)14-8-11(15)4/h11-14H,5-10H2,1-4H3. The maximum atomic E-state index is 3.62. The van der Waals surface area contributed by atoms with E-state index in [0.717, 1.165) is 12.0 Å². The molecular formula is C13H28N2. The molecule has 1 heterocycles. The van der Waals surface area contributed by atoms with Crippen LogP contribution < -0.4 is 5.32 Å². The highest BCUT2D eigenvalue weighted by Crippen LogP contribution is 2.15. The Morgan fingerprint density at radius 2 is 1.93 bits per heavy atom. The van der Waals surface area contributed by atoms with Crippen LogP contribution in [-0.2, 0) is 0 Å². The SMILES string of the molecule is CCC(CC)CN1CC(CC)NCC1C. The van der Waals surface area contributed by atoms with Gasteiger partial charge in [0.05, 0.1) is 0 Å². The lowest BCUT2D eigenvalue weighted by atomic mass is 10.00. The highest BCUT2D eigenvalue weighted by atomic mass is 15.2. The molecule has 0 aromatic heterocycles. The minimum atomic E-state index is 0.716. The van der Waals surface area contributed by atoms with Crippen LogP contribution in [-0.4, -0.2) is 36.6 Å². The Bertz CT molecular complexity index is 166. The third-order valence-electron chi connectivity index (χ3n) is 3.92. The largest absolute Gasteiger partial charge is 0.311 e. The maximum absolute atomic E-state index is 3.62. The predicted octanol–water partition coefficient (Wildman–Crippen LogP) is 2.49. The van der Waals surface area contributed by atoms with Crippen molar-refractivity contribution in [1.82, 2.24) is 10.2 Å². The van der Waals surface area contributed by atoms with Crippen LogP contribution in [0.15, 0.2) is 0 Å². The molecule has 0 radical (unpaired) electrons. The van der Waals surface area contributed by atoms with Crippen molar-refractivity contribution in [2.24, 2.45) is 5.92 Å². The third-order valence-corrected chi connectivity index (χ3v) is 3.92. The summed E-state index contributed by atoms with van der Waals surface area (Å²) in [7, 11) is 0. The number of nitrogens with one attached hydrogen (secondary N) is 1. The summed E-state index contributed by atoms with van der Waals surface area (Å²) in [6.07, 6.45) is 3.90. The Morgan fingerprint density at radius 1 is 1.27 bits per heavy atom. The fourth-order valence-corrected chi connectivity index (χ4v) is 2.40. The summed E-state index contributed by atoms with van der Waals surface area (Å²) in [5.74, 6) is 0.892. The second-order valence-electron chi connectivity index (χ2n) is 5.00. The van der Waals surface area contributed by atoms with E-state index in [0.29, 0.717) is 6.04 Å². The average Bonchev–Trinajstić information content (AvgIpc) is 2.28. The van der Waals surface area contributed by atoms with Gasteiger partial charge in [-0.1, -0.05) is 33.6 Å². The third kappa shape index (κ3) is 3.76. The molecule has 2 atom stereocenters. The number of hydrogen-bond donors (Lipinski definition) is 1. The van der Waals surface area contributed by atoms with Gasteiger partial charge in [0, 0.05) is 31.7 Å². The topological polar surface area (TPSA) is 15.3 Å². The van der Waals surface area contributed by atoms with E-state index in [2.05, 4.69) is 37.9 Å². The summed E-state index contributed by atoms with van der Waals surface area (Å²) in [5.41, 5.74) is 0. The second kappa shape index (κ2) is 6.49. The van der Waals surface area contributed by atoms with Gasteiger partial charge in [0.2, 0.25) is 0 Å². The van der Waals surface area contributed by atoms with Crippen LogP contribution in [0.2, 0.25) is 0 Å². The van der Waals surface area contributed by atoms with E-state index >= 15 is 0 Å². The molecule has 1 N–H and O–H groups in total. The molecule has 1 fully saturated rings. The van der Waals surface area contributed by atoms with Gasteiger partial charge in [-0.2, -0.15) is 0 Å². The van der Waals surface area contributed by atoms with E-state index in [-0.39, 0.29) is 0 Å². The molecule has 0 amide bonds. The molecule has 1 aliphatic rings. The van der Waals surface area contributed by atoms with Crippen molar-refractivity contribution >= 4 is 0 Å². The first-order valence-electron chi connectivity index (χ1n) is 6.68. The lowest BCUT2D eigenvalue weighted by Crippen LogP contribution is -2.56. The van der Waals surface area contributed by atoms with E-state index in [4.69, 9.17) is 0 Å². The summed E-state index contributed by atoms with van der Waals surface area (Å²) >= 11 is 0. The van der Waals surface area contributed by atoms with Crippen molar-refractivity contribution in [3.63, 3.8) is 0 Å². The quantitative estimate of drug-likeness (QED) is 0.753. The molecule has 0 aromatic rings. The van der Waals surface area contributed by atoms with Crippen molar-refractivity contribution in [3.8, 4) is 0 Å². The maximum Gasteiger partial charge on any atom is 0.0193 e. The predicted molar refractivity (Wildman–Crippen MR) is 67.2 cm³/mol. The van der Waals surface area contributed by atoms with Crippen LogP contribution in [0.25, 0.3) is 0 Å². The van der Waals surface area contributed by atoms with Crippen molar-refractivity contribution in [2.45, 2.75) is 59.0 Å². The smallest absolute Gasteiger partial charge is 0.0193 e. The van der Waals surface area contributed by atoms with Crippen molar-refractivity contribution in [1.29, 1.82) is 0 Å². The lowest BCUT2D eigenvalue weighted by Gasteiger charge is -2.40. The van der Waals surface area contributed by atoms with Gasteiger partial charge in [-0.3, -0.25) is 4.90 Å². The lowest BCUT2D eigenvalue weighted by molar-refractivity contribution is 0.116. The second-order valence-corrected chi connectivity index (χ2v) is 5.00. The minimum absolute atomic E-state index is 0.716. The molecule has 2 nitrogen and oxygen atoms in total. The monoisotopic (exact) mass is 212 g/mol. The van der Waals surface area contributed by atoms with Crippen LogP contribution in [0.3, 0.4) is 0 Å². The fraction of sp³-hybridized carbons (Fsp3) is 1.00. The Hall–Kier alpha value is -0.0800. The van der Waals surface area contributed by atoms with Gasteiger partial charge < -0.3 is 5.32 Å². The van der Waals surface area contributed by atoms with Gasteiger partial charge in [0.1, 0.15) is 0 Å². The van der Waals surface area contributed by atoms with E-state index < -0.39 is 0 Å². The van der Waals surface area contributed by atoms with Crippen LogP contribution in [0.4, 0.5) is 0 Å². The zero-order valence-corrected chi connectivity index (χ0v) is 10.9.